The van der Waals surface area contributed by atoms with E-state index < -0.39 is 10.0 Å². The molecule has 0 aliphatic heterocycles. The zero-order chi connectivity index (χ0) is 15.7. The molecule has 21 heavy (non-hydrogen) atoms. The lowest BCUT2D eigenvalue weighted by atomic mass is 10.3. The first-order valence-corrected chi connectivity index (χ1v) is 10.2. The van der Waals surface area contributed by atoms with Crippen molar-refractivity contribution in [3.05, 3.63) is 17.6 Å². The number of furan rings is 1. The van der Waals surface area contributed by atoms with E-state index in [9.17, 15) is 8.42 Å². The molecule has 0 bridgehead atoms. The Bertz CT molecular complexity index is 512. The maximum Gasteiger partial charge on any atom is 0.244 e. The van der Waals surface area contributed by atoms with Crippen LogP contribution in [0.4, 0.5) is 0 Å². The first-order valence-electron chi connectivity index (χ1n) is 7.30. The van der Waals surface area contributed by atoms with E-state index in [4.69, 9.17) is 4.42 Å². The average Bonchev–Trinajstić information content (AvgIpc) is 2.81. The highest BCUT2D eigenvalue weighted by Gasteiger charge is 2.20. The van der Waals surface area contributed by atoms with Crippen molar-refractivity contribution in [1.29, 1.82) is 0 Å². The molecule has 2 N–H and O–H groups in total. The second-order valence-corrected chi connectivity index (χ2v) is 7.63. The van der Waals surface area contributed by atoms with Crippen molar-refractivity contribution < 1.29 is 12.8 Å². The Balaban J connectivity index is 2.57. The normalized spacial score (nSPS) is 12.0. The zero-order valence-electron chi connectivity index (χ0n) is 13.1. The number of nitrogens with one attached hydrogen (secondary N) is 2. The maximum absolute atomic E-state index is 12.2. The summed E-state index contributed by atoms with van der Waals surface area (Å²) in [6.07, 6.45) is 4.94. The fourth-order valence-electron chi connectivity index (χ4n) is 1.92. The van der Waals surface area contributed by atoms with Gasteiger partial charge in [0.05, 0.1) is 6.54 Å². The first-order chi connectivity index (χ1) is 10.0. The fraction of sp³-hybridized carbons (Fsp3) is 0.714. The molecule has 5 nitrogen and oxygen atoms in total. The summed E-state index contributed by atoms with van der Waals surface area (Å²) in [5, 5.41) is 3.20. The number of thioether (sulfide) groups is 1. The smallest absolute Gasteiger partial charge is 0.244 e. The lowest BCUT2D eigenvalue weighted by molar-refractivity contribution is 0.457. The molecule has 7 heteroatoms. The van der Waals surface area contributed by atoms with Crippen molar-refractivity contribution in [2.24, 2.45) is 0 Å². The lowest BCUT2D eigenvalue weighted by Gasteiger charge is -2.04. The summed E-state index contributed by atoms with van der Waals surface area (Å²) in [6, 6.07) is 1.61. The van der Waals surface area contributed by atoms with Crippen LogP contribution in [0, 0.1) is 6.92 Å². The van der Waals surface area contributed by atoms with E-state index in [1.165, 1.54) is 0 Å². The molecule has 1 rings (SSSR count). The number of unbranched alkanes of at least 4 members (excludes halogenated alkanes) is 1. The van der Waals surface area contributed by atoms with Crippen LogP contribution in [0.15, 0.2) is 15.4 Å². The highest BCUT2D eigenvalue weighted by atomic mass is 32.2. The van der Waals surface area contributed by atoms with Gasteiger partial charge in [0.2, 0.25) is 10.0 Å². The predicted molar refractivity (Wildman–Crippen MR) is 88.2 cm³/mol. The van der Waals surface area contributed by atoms with E-state index in [0.29, 0.717) is 24.6 Å². The molecule has 1 aromatic heterocycles. The topological polar surface area (TPSA) is 71.3 Å². The van der Waals surface area contributed by atoms with Crippen LogP contribution in [0.3, 0.4) is 0 Å². The van der Waals surface area contributed by atoms with E-state index in [1.54, 1.807) is 24.8 Å². The Labute approximate surface area is 132 Å². The van der Waals surface area contributed by atoms with Crippen LogP contribution < -0.4 is 10.0 Å². The zero-order valence-corrected chi connectivity index (χ0v) is 14.7. The van der Waals surface area contributed by atoms with Crippen LogP contribution in [0.2, 0.25) is 0 Å². The third-order valence-electron chi connectivity index (χ3n) is 3.01. The summed E-state index contributed by atoms with van der Waals surface area (Å²) >= 11 is 1.77. The molecule has 0 aromatic carbocycles. The Morgan fingerprint density at radius 2 is 2.05 bits per heavy atom. The molecule has 1 heterocycles. The van der Waals surface area contributed by atoms with Gasteiger partial charge in [-0.1, -0.05) is 6.92 Å². The molecule has 0 unspecified atom stereocenters. The van der Waals surface area contributed by atoms with Gasteiger partial charge in [0.1, 0.15) is 16.4 Å². The largest absolute Gasteiger partial charge is 0.464 e. The number of hydrogen-bond acceptors (Lipinski definition) is 5. The van der Waals surface area contributed by atoms with Crippen molar-refractivity contribution in [2.75, 3.05) is 25.1 Å². The minimum Gasteiger partial charge on any atom is -0.464 e. The van der Waals surface area contributed by atoms with Crippen molar-refractivity contribution in [3.63, 3.8) is 0 Å². The van der Waals surface area contributed by atoms with Gasteiger partial charge in [-0.25, -0.2) is 13.1 Å². The van der Waals surface area contributed by atoms with Crippen LogP contribution in [0.25, 0.3) is 0 Å². The highest BCUT2D eigenvalue weighted by molar-refractivity contribution is 7.98. The van der Waals surface area contributed by atoms with Gasteiger partial charge in [-0.2, -0.15) is 11.8 Å². The van der Waals surface area contributed by atoms with Gasteiger partial charge in [0, 0.05) is 12.6 Å². The molecule has 0 saturated carbocycles. The summed E-state index contributed by atoms with van der Waals surface area (Å²) < 4.78 is 32.6. The molecule has 0 spiro atoms. The van der Waals surface area contributed by atoms with Crippen molar-refractivity contribution >= 4 is 21.8 Å². The number of sulfonamides is 1. The van der Waals surface area contributed by atoms with Gasteiger partial charge in [-0.05, 0) is 44.7 Å². The molecule has 0 atom stereocenters. The van der Waals surface area contributed by atoms with Gasteiger partial charge in [-0.15, -0.1) is 0 Å². The first kappa shape index (κ1) is 18.5. The number of hydrogen-bond donors (Lipinski definition) is 2. The quantitative estimate of drug-likeness (QED) is 0.609. The molecule has 0 amide bonds. The minimum absolute atomic E-state index is 0.251. The van der Waals surface area contributed by atoms with Gasteiger partial charge in [0.25, 0.3) is 0 Å². The molecule has 0 radical (unpaired) electrons. The highest BCUT2D eigenvalue weighted by Crippen LogP contribution is 2.19. The van der Waals surface area contributed by atoms with Gasteiger partial charge in [-0.3, -0.25) is 0 Å². The van der Waals surface area contributed by atoms with Crippen LogP contribution in [-0.4, -0.2) is 33.5 Å². The van der Waals surface area contributed by atoms with Crippen molar-refractivity contribution in [1.82, 2.24) is 10.0 Å². The maximum atomic E-state index is 12.2. The number of rotatable bonds is 11. The van der Waals surface area contributed by atoms with Gasteiger partial charge < -0.3 is 9.73 Å². The second kappa shape index (κ2) is 9.50. The third kappa shape index (κ3) is 6.42. The van der Waals surface area contributed by atoms with Gasteiger partial charge in [0.15, 0.2) is 0 Å². The van der Waals surface area contributed by atoms with E-state index in [2.05, 4.69) is 17.0 Å². The molecule has 0 saturated heterocycles. The third-order valence-corrected chi connectivity index (χ3v) is 5.27. The average molecular weight is 335 g/mol. The molecule has 0 aliphatic rings. The van der Waals surface area contributed by atoms with E-state index >= 15 is 0 Å². The van der Waals surface area contributed by atoms with Crippen LogP contribution in [0.5, 0.6) is 0 Å². The molecule has 0 aliphatic carbocycles. The summed E-state index contributed by atoms with van der Waals surface area (Å²) in [6.45, 7) is 5.67. The van der Waals surface area contributed by atoms with Crippen LogP contribution >= 0.6 is 11.8 Å². The Hall–Kier alpha value is -0.500. The van der Waals surface area contributed by atoms with E-state index in [1.807, 2.05) is 6.26 Å². The lowest BCUT2D eigenvalue weighted by Crippen LogP contribution is -2.25. The fourth-order valence-corrected chi connectivity index (χ4v) is 3.69. The summed E-state index contributed by atoms with van der Waals surface area (Å²) in [5.74, 6) is 2.16. The minimum atomic E-state index is -3.47. The summed E-state index contributed by atoms with van der Waals surface area (Å²) in [4.78, 5) is 0.251. The Kier molecular flexibility index (Phi) is 8.39. The predicted octanol–water partition coefficient (Wildman–Crippen LogP) is 2.51. The molecule has 0 fully saturated rings. The van der Waals surface area contributed by atoms with Crippen molar-refractivity contribution in [3.8, 4) is 0 Å². The van der Waals surface area contributed by atoms with Crippen molar-refractivity contribution in [2.45, 2.75) is 44.6 Å². The molecular weight excluding hydrogens is 308 g/mol. The second-order valence-electron chi connectivity index (χ2n) is 4.91. The van der Waals surface area contributed by atoms with Gasteiger partial charge >= 0.3 is 0 Å². The SMILES string of the molecule is CCCNCc1cc(S(=O)(=O)NCCCCSC)c(C)o1. The van der Waals surface area contributed by atoms with E-state index in [0.717, 1.165) is 31.6 Å². The molecule has 1 aromatic rings. The number of aryl methyl sites for hydroxylation is 1. The standard InChI is InChI=1S/C14H26N2O3S2/c1-4-7-15-11-13-10-14(12(2)19-13)21(17,18)16-8-5-6-9-20-3/h10,15-16H,4-9,11H2,1-3H3. The molecule has 122 valence electrons. The Morgan fingerprint density at radius 3 is 2.71 bits per heavy atom. The van der Waals surface area contributed by atoms with Crippen LogP contribution in [-0.2, 0) is 16.6 Å². The summed E-state index contributed by atoms with van der Waals surface area (Å²) in [5.41, 5.74) is 0. The molecular formula is C14H26N2O3S2. The Morgan fingerprint density at radius 1 is 1.29 bits per heavy atom. The summed E-state index contributed by atoms with van der Waals surface area (Å²) in [7, 11) is -3.47. The monoisotopic (exact) mass is 334 g/mol. The van der Waals surface area contributed by atoms with E-state index in [-0.39, 0.29) is 4.90 Å². The van der Waals surface area contributed by atoms with Crippen LogP contribution in [0.1, 0.15) is 37.7 Å².